The smallest absolute Gasteiger partial charge is 0.0166 e. The molecule has 1 aliphatic rings. The lowest BCUT2D eigenvalue weighted by Crippen LogP contribution is -2.32. The molecule has 0 aromatic rings. The minimum Gasteiger partial charge on any atom is -0.298 e. The molecule has 0 radical (unpaired) electrons. The van der Waals surface area contributed by atoms with E-state index < -0.39 is 0 Å². The van der Waals surface area contributed by atoms with Gasteiger partial charge in [0.05, 0.1) is 0 Å². The standard InChI is InChI=1S/C9H17NS/c1-9(2)3-4-10-5-7-11-8-6-10/h3H,4-8H2,1-2H3. The molecular formula is C9H17NS. The van der Waals surface area contributed by atoms with Crippen molar-refractivity contribution in [2.75, 3.05) is 31.1 Å². The Hall–Kier alpha value is 0.0500. The lowest BCUT2D eigenvalue weighted by molar-refractivity contribution is 0.335. The van der Waals surface area contributed by atoms with Gasteiger partial charge in [-0.2, -0.15) is 11.8 Å². The highest BCUT2D eigenvalue weighted by Gasteiger charge is 2.07. The van der Waals surface area contributed by atoms with Crippen LogP contribution in [0, 0.1) is 0 Å². The van der Waals surface area contributed by atoms with Crippen LogP contribution in [-0.4, -0.2) is 36.0 Å². The first kappa shape index (κ1) is 9.14. The average Bonchev–Trinajstić information content (AvgIpc) is 2.03. The van der Waals surface area contributed by atoms with E-state index in [-0.39, 0.29) is 0 Å². The summed E-state index contributed by atoms with van der Waals surface area (Å²) < 4.78 is 0. The predicted molar refractivity (Wildman–Crippen MR) is 53.2 cm³/mol. The molecule has 0 bridgehead atoms. The molecule has 0 aromatic carbocycles. The largest absolute Gasteiger partial charge is 0.298 e. The molecule has 1 nitrogen and oxygen atoms in total. The molecule has 1 saturated heterocycles. The Labute approximate surface area is 73.8 Å². The first-order chi connectivity index (χ1) is 5.29. The number of hydrogen-bond donors (Lipinski definition) is 0. The highest BCUT2D eigenvalue weighted by atomic mass is 32.2. The van der Waals surface area contributed by atoms with Crippen LogP contribution in [0.15, 0.2) is 11.6 Å². The maximum absolute atomic E-state index is 2.52. The molecule has 64 valence electrons. The Morgan fingerprint density at radius 1 is 1.36 bits per heavy atom. The van der Waals surface area contributed by atoms with Crippen LogP contribution < -0.4 is 0 Å². The van der Waals surface area contributed by atoms with Gasteiger partial charge in [-0.3, -0.25) is 4.90 Å². The zero-order valence-corrected chi connectivity index (χ0v) is 8.28. The highest BCUT2D eigenvalue weighted by molar-refractivity contribution is 7.99. The van der Waals surface area contributed by atoms with Crippen LogP contribution >= 0.6 is 11.8 Å². The van der Waals surface area contributed by atoms with Crippen LogP contribution in [-0.2, 0) is 0 Å². The van der Waals surface area contributed by atoms with Crippen LogP contribution in [0.1, 0.15) is 13.8 Å². The lowest BCUT2D eigenvalue weighted by atomic mass is 10.3. The fourth-order valence-electron chi connectivity index (χ4n) is 1.10. The van der Waals surface area contributed by atoms with E-state index in [4.69, 9.17) is 0 Å². The van der Waals surface area contributed by atoms with Gasteiger partial charge >= 0.3 is 0 Å². The molecule has 1 heterocycles. The van der Waals surface area contributed by atoms with E-state index >= 15 is 0 Å². The monoisotopic (exact) mass is 171 g/mol. The summed E-state index contributed by atoms with van der Waals surface area (Å²) in [6.07, 6.45) is 2.32. The van der Waals surface area contributed by atoms with Crippen molar-refractivity contribution in [3.63, 3.8) is 0 Å². The second-order valence-corrected chi connectivity index (χ2v) is 4.42. The molecule has 0 unspecified atom stereocenters. The number of rotatable bonds is 2. The third kappa shape index (κ3) is 3.82. The maximum Gasteiger partial charge on any atom is 0.0166 e. The van der Waals surface area contributed by atoms with Crippen molar-refractivity contribution in [3.8, 4) is 0 Å². The van der Waals surface area contributed by atoms with Gasteiger partial charge in [0.2, 0.25) is 0 Å². The third-order valence-corrected chi connectivity index (χ3v) is 2.80. The van der Waals surface area contributed by atoms with Crippen molar-refractivity contribution >= 4 is 11.8 Å². The summed E-state index contributed by atoms with van der Waals surface area (Å²) in [5, 5.41) is 0. The molecule has 0 amide bonds. The third-order valence-electron chi connectivity index (χ3n) is 1.86. The maximum atomic E-state index is 2.52. The Bertz CT molecular complexity index is 132. The fraction of sp³-hybridized carbons (Fsp3) is 0.778. The molecule has 0 aromatic heterocycles. The highest BCUT2D eigenvalue weighted by Crippen LogP contribution is 2.08. The topological polar surface area (TPSA) is 3.24 Å². The quantitative estimate of drug-likeness (QED) is 0.585. The van der Waals surface area contributed by atoms with E-state index in [2.05, 4.69) is 36.6 Å². The summed E-state index contributed by atoms with van der Waals surface area (Å²) in [7, 11) is 0. The summed E-state index contributed by atoms with van der Waals surface area (Å²) >= 11 is 2.07. The van der Waals surface area contributed by atoms with Gasteiger partial charge in [-0.25, -0.2) is 0 Å². The second-order valence-electron chi connectivity index (χ2n) is 3.19. The lowest BCUT2D eigenvalue weighted by Gasteiger charge is -2.24. The molecule has 2 heteroatoms. The first-order valence-electron chi connectivity index (χ1n) is 4.22. The van der Waals surface area contributed by atoms with Gasteiger partial charge in [0, 0.05) is 31.1 Å². The molecule has 1 rings (SSSR count). The van der Waals surface area contributed by atoms with Crippen molar-refractivity contribution in [3.05, 3.63) is 11.6 Å². The Morgan fingerprint density at radius 3 is 2.55 bits per heavy atom. The van der Waals surface area contributed by atoms with Crippen LogP contribution in [0.5, 0.6) is 0 Å². The summed E-state index contributed by atoms with van der Waals surface area (Å²) in [6.45, 7) is 8.03. The molecule has 0 atom stereocenters. The van der Waals surface area contributed by atoms with E-state index in [0.29, 0.717) is 0 Å². The molecule has 1 fully saturated rings. The molecule has 0 N–H and O–H groups in total. The minimum absolute atomic E-state index is 1.16. The minimum atomic E-state index is 1.16. The average molecular weight is 171 g/mol. The van der Waals surface area contributed by atoms with Gasteiger partial charge in [-0.1, -0.05) is 11.6 Å². The molecular weight excluding hydrogens is 154 g/mol. The van der Waals surface area contributed by atoms with Crippen molar-refractivity contribution in [2.45, 2.75) is 13.8 Å². The van der Waals surface area contributed by atoms with Crippen molar-refractivity contribution < 1.29 is 0 Å². The zero-order chi connectivity index (χ0) is 8.10. The van der Waals surface area contributed by atoms with Crippen LogP contribution in [0.4, 0.5) is 0 Å². The summed E-state index contributed by atoms with van der Waals surface area (Å²) in [4.78, 5) is 2.52. The van der Waals surface area contributed by atoms with Crippen LogP contribution in [0.3, 0.4) is 0 Å². The van der Waals surface area contributed by atoms with E-state index in [1.807, 2.05) is 0 Å². The van der Waals surface area contributed by atoms with Gasteiger partial charge in [-0.15, -0.1) is 0 Å². The molecule has 1 aliphatic heterocycles. The van der Waals surface area contributed by atoms with Gasteiger partial charge < -0.3 is 0 Å². The normalized spacial score (nSPS) is 19.8. The van der Waals surface area contributed by atoms with Gasteiger partial charge in [-0.05, 0) is 13.8 Å². The number of thioether (sulfide) groups is 1. The zero-order valence-electron chi connectivity index (χ0n) is 7.47. The number of hydrogen-bond acceptors (Lipinski definition) is 2. The van der Waals surface area contributed by atoms with Crippen LogP contribution in [0.2, 0.25) is 0 Å². The Morgan fingerprint density at radius 2 is 2.00 bits per heavy atom. The van der Waals surface area contributed by atoms with Crippen molar-refractivity contribution in [1.82, 2.24) is 4.90 Å². The SMILES string of the molecule is CC(C)=CCN1CCSCC1. The fourth-order valence-corrected chi connectivity index (χ4v) is 2.07. The predicted octanol–water partition coefficient (Wildman–Crippen LogP) is 2.00. The number of allylic oxidation sites excluding steroid dienone is 1. The van der Waals surface area contributed by atoms with E-state index in [1.54, 1.807) is 0 Å². The first-order valence-corrected chi connectivity index (χ1v) is 5.38. The van der Waals surface area contributed by atoms with Gasteiger partial charge in [0.25, 0.3) is 0 Å². The van der Waals surface area contributed by atoms with Gasteiger partial charge in [0.15, 0.2) is 0 Å². The number of nitrogens with zero attached hydrogens (tertiary/aromatic N) is 1. The summed E-state index contributed by atoms with van der Waals surface area (Å²) in [5.41, 5.74) is 1.43. The Balaban J connectivity index is 2.19. The van der Waals surface area contributed by atoms with Crippen molar-refractivity contribution in [1.29, 1.82) is 0 Å². The van der Waals surface area contributed by atoms with Crippen molar-refractivity contribution in [2.24, 2.45) is 0 Å². The molecule has 0 saturated carbocycles. The molecule has 11 heavy (non-hydrogen) atoms. The molecule has 0 aliphatic carbocycles. The molecule has 0 spiro atoms. The second kappa shape index (κ2) is 4.83. The van der Waals surface area contributed by atoms with E-state index in [9.17, 15) is 0 Å². The Kier molecular flexibility index (Phi) is 4.02. The summed E-state index contributed by atoms with van der Waals surface area (Å²) in [6, 6.07) is 0. The van der Waals surface area contributed by atoms with E-state index in [0.717, 1.165) is 6.54 Å². The summed E-state index contributed by atoms with van der Waals surface area (Å²) in [5.74, 6) is 2.63. The van der Waals surface area contributed by atoms with Gasteiger partial charge in [0.1, 0.15) is 0 Å². The van der Waals surface area contributed by atoms with E-state index in [1.165, 1.54) is 30.2 Å². The van der Waals surface area contributed by atoms with Crippen LogP contribution in [0.25, 0.3) is 0 Å².